The summed E-state index contributed by atoms with van der Waals surface area (Å²) in [5.41, 5.74) is 2.13. The number of para-hydroxylation sites is 2. The molecule has 1 amide bonds. The number of rotatable bonds is 5. The van der Waals surface area contributed by atoms with E-state index in [0.717, 1.165) is 11.1 Å². The Morgan fingerprint density at radius 2 is 1.88 bits per heavy atom. The summed E-state index contributed by atoms with van der Waals surface area (Å²) in [5.74, 6) is 1.07. The highest BCUT2D eigenvalue weighted by Gasteiger charge is 2.26. The lowest BCUT2D eigenvalue weighted by Crippen LogP contribution is -2.43. The number of ether oxygens (including phenoxy) is 2. The van der Waals surface area contributed by atoms with Crippen molar-refractivity contribution in [3.05, 3.63) is 72.3 Å². The molecule has 0 radical (unpaired) electrons. The smallest absolute Gasteiger partial charge is 0.264 e. The summed E-state index contributed by atoms with van der Waals surface area (Å²) in [6, 6.07) is 15.3. The zero-order valence-corrected chi connectivity index (χ0v) is 14.0. The Balaban J connectivity index is 1.30. The van der Waals surface area contributed by atoms with Crippen LogP contribution in [0.15, 0.2) is 61.2 Å². The minimum absolute atomic E-state index is 0.189. The summed E-state index contributed by atoms with van der Waals surface area (Å²) in [5, 5.41) is 6.98. The number of nitrogens with one attached hydrogen (secondary N) is 1. The van der Waals surface area contributed by atoms with Crippen molar-refractivity contribution in [1.29, 1.82) is 0 Å². The summed E-state index contributed by atoms with van der Waals surface area (Å²) in [6.07, 6.45) is 2.55. The number of nitrogens with zero attached hydrogens (tertiary/aromatic N) is 3. The van der Waals surface area contributed by atoms with Gasteiger partial charge in [0.05, 0.1) is 6.54 Å². The predicted octanol–water partition coefficient (Wildman–Crippen LogP) is 1.78. The molecule has 7 heteroatoms. The maximum Gasteiger partial charge on any atom is 0.264 e. The van der Waals surface area contributed by atoms with Gasteiger partial charge >= 0.3 is 0 Å². The molecule has 2 heterocycles. The zero-order valence-electron chi connectivity index (χ0n) is 14.0. The van der Waals surface area contributed by atoms with Gasteiger partial charge in [0.1, 0.15) is 19.3 Å². The minimum Gasteiger partial charge on any atom is -0.485 e. The summed E-state index contributed by atoms with van der Waals surface area (Å²) >= 11 is 0. The van der Waals surface area contributed by atoms with E-state index < -0.39 is 6.10 Å². The quantitative estimate of drug-likeness (QED) is 0.759. The molecule has 1 N–H and O–H groups in total. The fourth-order valence-electron chi connectivity index (χ4n) is 2.72. The van der Waals surface area contributed by atoms with E-state index >= 15 is 0 Å². The van der Waals surface area contributed by atoms with Gasteiger partial charge in [0, 0.05) is 6.54 Å². The van der Waals surface area contributed by atoms with Gasteiger partial charge in [-0.25, -0.2) is 9.67 Å². The lowest BCUT2D eigenvalue weighted by atomic mass is 10.1. The molecule has 7 nitrogen and oxygen atoms in total. The number of hydrogen-bond acceptors (Lipinski definition) is 5. The van der Waals surface area contributed by atoms with E-state index in [9.17, 15) is 4.79 Å². The van der Waals surface area contributed by atoms with Crippen molar-refractivity contribution in [2.75, 3.05) is 6.61 Å². The van der Waals surface area contributed by atoms with E-state index in [1.54, 1.807) is 17.1 Å². The first-order valence-electron chi connectivity index (χ1n) is 8.34. The number of amides is 1. The standard InChI is InChI=1S/C19H18N4O3/c24-19(18-11-25-16-3-1-2-4-17(16)26-18)21-9-14-5-7-15(8-6-14)10-23-13-20-12-22-23/h1-8,12-13,18H,9-11H2,(H,21,24). The molecule has 0 fully saturated rings. The third kappa shape index (κ3) is 3.66. The molecular weight excluding hydrogens is 332 g/mol. The van der Waals surface area contributed by atoms with Crippen molar-refractivity contribution in [2.24, 2.45) is 0 Å². The number of carbonyl (C=O) groups excluding carboxylic acids is 1. The molecule has 0 saturated heterocycles. The van der Waals surface area contributed by atoms with E-state index in [4.69, 9.17) is 9.47 Å². The fraction of sp³-hybridized carbons (Fsp3) is 0.211. The van der Waals surface area contributed by atoms with Crippen LogP contribution in [0.1, 0.15) is 11.1 Å². The topological polar surface area (TPSA) is 78.3 Å². The van der Waals surface area contributed by atoms with Crippen LogP contribution in [-0.4, -0.2) is 33.4 Å². The molecule has 1 aliphatic heterocycles. The summed E-state index contributed by atoms with van der Waals surface area (Å²) in [4.78, 5) is 16.3. The molecule has 1 aliphatic rings. The molecule has 132 valence electrons. The highest BCUT2D eigenvalue weighted by molar-refractivity contribution is 5.81. The van der Waals surface area contributed by atoms with Crippen LogP contribution in [0.2, 0.25) is 0 Å². The molecule has 1 atom stereocenters. The van der Waals surface area contributed by atoms with Gasteiger partial charge in [-0.2, -0.15) is 5.10 Å². The normalized spacial score (nSPS) is 15.5. The van der Waals surface area contributed by atoms with Crippen LogP contribution < -0.4 is 14.8 Å². The van der Waals surface area contributed by atoms with E-state index in [1.807, 2.05) is 42.5 Å². The Morgan fingerprint density at radius 1 is 1.12 bits per heavy atom. The summed E-state index contributed by atoms with van der Waals surface area (Å²) in [6.45, 7) is 1.31. The summed E-state index contributed by atoms with van der Waals surface area (Å²) < 4.78 is 13.0. The van der Waals surface area contributed by atoms with E-state index in [-0.39, 0.29) is 12.5 Å². The van der Waals surface area contributed by atoms with Crippen LogP contribution in [-0.2, 0) is 17.9 Å². The van der Waals surface area contributed by atoms with Gasteiger partial charge < -0.3 is 14.8 Å². The first-order valence-corrected chi connectivity index (χ1v) is 8.34. The monoisotopic (exact) mass is 350 g/mol. The van der Waals surface area contributed by atoms with Gasteiger partial charge in [-0.15, -0.1) is 0 Å². The van der Waals surface area contributed by atoms with Crippen molar-refractivity contribution in [2.45, 2.75) is 19.2 Å². The number of aromatic nitrogens is 3. The molecule has 2 aromatic carbocycles. The molecule has 26 heavy (non-hydrogen) atoms. The Hall–Kier alpha value is -3.35. The largest absolute Gasteiger partial charge is 0.485 e. The number of fused-ring (bicyclic) bond motifs is 1. The summed E-state index contributed by atoms with van der Waals surface area (Å²) in [7, 11) is 0. The van der Waals surface area contributed by atoms with E-state index in [0.29, 0.717) is 24.6 Å². The van der Waals surface area contributed by atoms with Gasteiger partial charge in [-0.05, 0) is 23.3 Å². The van der Waals surface area contributed by atoms with Gasteiger partial charge in [-0.1, -0.05) is 36.4 Å². The maximum absolute atomic E-state index is 12.3. The minimum atomic E-state index is -0.642. The SMILES string of the molecule is O=C(NCc1ccc(Cn2cncn2)cc1)C1COc2ccccc2O1. The number of benzene rings is 2. The van der Waals surface area contributed by atoms with Crippen molar-refractivity contribution < 1.29 is 14.3 Å². The molecule has 3 aromatic rings. The first-order chi connectivity index (χ1) is 12.8. The van der Waals surface area contributed by atoms with E-state index in [1.165, 1.54) is 6.33 Å². The Kier molecular flexibility index (Phi) is 4.51. The average molecular weight is 350 g/mol. The molecule has 0 aliphatic carbocycles. The van der Waals surface area contributed by atoms with Crippen molar-refractivity contribution in [3.63, 3.8) is 0 Å². The lowest BCUT2D eigenvalue weighted by Gasteiger charge is -2.25. The molecule has 0 spiro atoms. The van der Waals surface area contributed by atoms with Crippen molar-refractivity contribution in [1.82, 2.24) is 20.1 Å². The molecule has 4 rings (SSSR count). The lowest BCUT2D eigenvalue weighted by molar-refractivity contribution is -0.130. The van der Waals surface area contributed by atoms with Crippen LogP contribution in [0.3, 0.4) is 0 Å². The zero-order chi connectivity index (χ0) is 17.8. The molecular formula is C19H18N4O3. The second-order valence-electron chi connectivity index (χ2n) is 5.99. The highest BCUT2D eigenvalue weighted by atomic mass is 16.6. The Morgan fingerprint density at radius 3 is 2.65 bits per heavy atom. The third-order valence-electron chi connectivity index (χ3n) is 4.10. The van der Waals surface area contributed by atoms with Crippen LogP contribution in [0.25, 0.3) is 0 Å². The van der Waals surface area contributed by atoms with Crippen molar-refractivity contribution >= 4 is 5.91 Å². The van der Waals surface area contributed by atoms with Crippen molar-refractivity contribution in [3.8, 4) is 11.5 Å². The molecule has 0 saturated carbocycles. The van der Waals surface area contributed by atoms with Crippen LogP contribution in [0.5, 0.6) is 11.5 Å². The van der Waals surface area contributed by atoms with E-state index in [2.05, 4.69) is 15.4 Å². The van der Waals surface area contributed by atoms with Gasteiger partial charge in [-0.3, -0.25) is 4.79 Å². The molecule has 1 aromatic heterocycles. The average Bonchev–Trinajstić information content (AvgIpc) is 3.20. The number of hydrogen-bond donors (Lipinski definition) is 1. The van der Waals surface area contributed by atoms with Gasteiger partial charge in [0.15, 0.2) is 11.5 Å². The first kappa shape index (κ1) is 16.1. The second kappa shape index (κ2) is 7.26. The van der Waals surface area contributed by atoms with Crippen LogP contribution >= 0.6 is 0 Å². The Labute approximate surface area is 150 Å². The second-order valence-corrected chi connectivity index (χ2v) is 5.99. The maximum atomic E-state index is 12.3. The third-order valence-corrected chi connectivity index (χ3v) is 4.10. The molecule has 1 unspecified atom stereocenters. The van der Waals surface area contributed by atoms with Gasteiger partial charge in [0.25, 0.3) is 5.91 Å². The molecule has 0 bridgehead atoms. The van der Waals surface area contributed by atoms with Gasteiger partial charge in [0.2, 0.25) is 6.10 Å². The predicted molar refractivity (Wildman–Crippen MR) is 93.8 cm³/mol. The number of carbonyl (C=O) groups is 1. The van der Waals surface area contributed by atoms with Crippen LogP contribution in [0, 0.1) is 0 Å². The highest BCUT2D eigenvalue weighted by Crippen LogP contribution is 2.30. The fourth-order valence-corrected chi connectivity index (χ4v) is 2.72. The Bertz CT molecular complexity index is 878. The van der Waals surface area contributed by atoms with Crippen LogP contribution in [0.4, 0.5) is 0 Å².